The first-order valence-corrected chi connectivity index (χ1v) is 4.71. The number of hydrogen-bond acceptors (Lipinski definition) is 3. The first-order valence-electron chi connectivity index (χ1n) is 4.71. The van der Waals surface area contributed by atoms with Crippen LogP contribution in [0.5, 0.6) is 0 Å². The van der Waals surface area contributed by atoms with Crippen molar-refractivity contribution in [1.29, 1.82) is 0 Å². The molecule has 2 rings (SSSR count). The van der Waals surface area contributed by atoms with Crippen molar-refractivity contribution in [3.63, 3.8) is 0 Å². The quantitative estimate of drug-likeness (QED) is 0.724. The number of rotatable bonds is 2. The van der Waals surface area contributed by atoms with Gasteiger partial charge in [-0.2, -0.15) is 0 Å². The molecule has 1 aromatic rings. The van der Waals surface area contributed by atoms with Crippen molar-refractivity contribution in [3.05, 3.63) is 23.8 Å². The van der Waals surface area contributed by atoms with E-state index >= 15 is 0 Å². The third-order valence-corrected chi connectivity index (χ3v) is 2.22. The number of hydrazine groups is 2. The Hall–Kier alpha value is -1.22. The van der Waals surface area contributed by atoms with E-state index in [1.165, 1.54) is 16.9 Å². The number of anilines is 2. The number of hydrogen-bond donors (Lipinski definition) is 2. The molecule has 1 heterocycles. The van der Waals surface area contributed by atoms with Gasteiger partial charge in [-0.1, -0.05) is 13.0 Å². The van der Waals surface area contributed by atoms with E-state index in [9.17, 15) is 0 Å². The molecule has 0 radical (unpaired) electrons. The van der Waals surface area contributed by atoms with Gasteiger partial charge in [0.2, 0.25) is 0 Å². The Labute approximate surface area is 78.7 Å². The molecule has 3 heteroatoms. The molecular weight excluding hydrogens is 162 g/mol. The third kappa shape index (κ3) is 1.47. The molecule has 0 unspecified atom stereocenters. The Balaban J connectivity index is 2.29. The van der Waals surface area contributed by atoms with Crippen LogP contribution in [0.25, 0.3) is 0 Å². The van der Waals surface area contributed by atoms with Gasteiger partial charge in [-0.25, -0.2) is 0 Å². The van der Waals surface area contributed by atoms with Gasteiger partial charge in [-0.05, 0) is 31.0 Å². The smallest absolute Gasteiger partial charge is 0.0785 e. The lowest BCUT2D eigenvalue weighted by Gasteiger charge is -2.16. The summed E-state index contributed by atoms with van der Waals surface area (Å²) in [5.41, 5.74) is 9.99. The van der Waals surface area contributed by atoms with E-state index in [0.29, 0.717) is 0 Å². The van der Waals surface area contributed by atoms with Gasteiger partial charge in [0, 0.05) is 6.54 Å². The van der Waals surface area contributed by atoms with Crippen LogP contribution in [0.3, 0.4) is 0 Å². The maximum Gasteiger partial charge on any atom is 0.0785 e. The first-order chi connectivity index (χ1) is 6.31. The van der Waals surface area contributed by atoms with Crippen LogP contribution in [0, 0.1) is 6.92 Å². The summed E-state index contributed by atoms with van der Waals surface area (Å²) in [7, 11) is 0. The predicted octanol–water partition coefficient (Wildman–Crippen LogP) is 2.06. The van der Waals surface area contributed by atoms with Crippen LogP contribution >= 0.6 is 0 Å². The molecule has 0 aromatic heterocycles. The van der Waals surface area contributed by atoms with Crippen molar-refractivity contribution >= 4 is 11.4 Å². The van der Waals surface area contributed by atoms with Crippen molar-refractivity contribution in [2.24, 2.45) is 0 Å². The standard InChI is InChI=1S/C10H15N3/c1-3-6-13-10-7-8(2)4-5-9(10)11-12-13/h4-5,7,11-12H,3,6H2,1-2H3. The highest BCUT2D eigenvalue weighted by molar-refractivity contribution is 5.73. The Bertz CT molecular complexity index is 307. The molecular formula is C10H15N3. The number of nitrogens with zero attached hydrogens (tertiary/aromatic N) is 1. The zero-order valence-electron chi connectivity index (χ0n) is 8.09. The average Bonchev–Trinajstić information content (AvgIpc) is 2.49. The summed E-state index contributed by atoms with van der Waals surface area (Å²) in [5, 5.41) is 2.14. The summed E-state index contributed by atoms with van der Waals surface area (Å²) in [5.74, 6) is 0. The number of aryl methyl sites for hydroxylation is 1. The Morgan fingerprint density at radius 2 is 2.23 bits per heavy atom. The van der Waals surface area contributed by atoms with Gasteiger partial charge in [0.25, 0.3) is 0 Å². The Morgan fingerprint density at radius 1 is 1.38 bits per heavy atom. The van der Waals surface area contributed by atoms with Crippen LogP contribution in [0.1, 0.15) is 18.9 Å². The molecule has 0 atom stereocenters. The second-order valence-electron chi connectivity index (χ2n) is 3.41. The lowest BCUT2D eigenvalue weighted by atomic mass is 10.2. The highest BCUT2D eigenvalue weighted by Gasteiger charge is 2.16. The summed E-state index contributed by atoms with van der Waals surface area (Å²) in [6.07, 6.45) is 1.14. The van der Waals surface area contributed by atoms with E-state index in [-0.39, 0.29) is 0 Å². The van der Waals surface area contributed by atoms with Crippen LogP contribution in [0.15, 0.2) is 18.2 Å². The minimum atomic E-state index is 1.03. The monoisotopic (exact) mass is 177 g/mol. The number of nitrogens with one attached hydrogen (secondary N) is 2. The number of fused-ring (bicyclic) bond motifs is 1. The molecule has 0 saturated heterocycles. The second-order valence-corrected chi connectivity index (χ2v) is 3.41. The van der Waals surface area contributed by atoms with Crippen molar-refractivity contribution < 1.29 is 0 Å². The van der Waals surface area contributed by atoms with E-state index in [0.717, 1.165) is 13.0 Å². The molecule has 0 spiro atoms. The molecule has 1 aromatic carbocycles. The molecule has 0 bridgehead atoms. The van der Waals surface area contributed by atoms with Gasteiger partial charge in [0.05, 0.1) is 11.4 Å². The van der Waals surface area contributed by atoms with Gasteiger partial charge >= 0.3 is 0 Å². The fourth-order valence-electron chi connectivity index (χ4n) is 1.56. The molecule has 1 aliphatic rings. The molecule has 0 saturated carbocycles. The van der Waals surface area contributed by atoms with E-state index in [2.05, 4.69) is 48.0 Å². The van der Waals surface area contributed by atoms with Gasteiger partial charge in [-0.15, -0.1) is 5.53 Å². The molecule has 2 N–H and O–H groups in total. The maximum absolute atomic E-state index is 3.14. The van der Waals surface area contributed by atoms with Gasteiger partial charge in [0.15, 0.2) is 0 Å². The molecule has 0 amide bonds. The van der Waals surface area contributed by atoms with Crippen LogP contribution in [-0.2, 0) is 0 Å². The zero-order valence-corrected chi connectivity index (χ0v) is 8.09. The Kier molecular flexibility index (Phi) is 2.10. The summed E-state index contributed by atoms with van der Waals surface area (Å²) in [6, 6.07) is 6.41. The van der Waals surface area contributed by atoms with E-state index in [1.807, 2.05) is 0 Å². The molecule has 3 nitrogen and oxygen atoms in total. The van der Waals surface area contributed by atoms with Crippen LogP contribution in [0.4, 0.5) is 11.4 Å². The second kappa shape index (κ2) is 3.26. The highest BCUT2D eigenvalue weighted by atomic mass is 15.7. The summed E-state index contributed by atoms with van der Waals surface area (Å²) < 4.78 is 0. The van der Waals surface area contributed by atoms with Gasteiger partial charge in [0.1, 0.15) is 0 Å². The van der Waals surface area contributed by atoms with Gasteiger partial charge < -0.3 is 5.43 Å². The lowest BCUT2D eigenvalue weighted by Crippen LogP contribution is -2.36. The van der Waals surface area contributed by atoms with Crippen molar-refractivity contribution in [1.82, 2.24) is 5.53 Å². The molecule has 0 fully saturated rings. The summed E-state index contributed by atoms with van der Waals surface area (Å²) in [6.45, 7) is 5.32. The van der Waals surface area contributed by atoms with Crippen molar-refractivity contribution in [3.8, 4) is 0 Å². The minimum absolute atomic E-state index is 1.03. The lowest BCUT2D eigenvalue weighted by molar-refractivity contribution is 0.707. The average molecular weight is 177 g/mol. The molecule has 1 aliphatic heterocycles. The van der Waals surface area contributed by atoms with E-state index in [1.54, 1.807) is 0 Å². The van der Waals surface area contributed by atoms with Crippen LogP contribution < -0.4 is 16.0 Å². The Morgan fingerprint density at radius 3 is 3.00 bits per heavy atom. The summed E-state index contributed by atoms with van der Waals surface area (Å²) >= 11 is 0. The molecule has 0 aliphatic carbocycles. The maximum atomic E-state index is 3.14. The highest BCUT2D eigenvalue weighted by Crippen LogP contribution is 2.29. The summed E-state index contributed by atoms with van der Waals surface area (Å²) in [4.78, 5) is 0. The fourth-order valence-corrected chi connectivity index (χ4v) is 1.56. The largest absolute Gasteiger partial charge is 0.302 e. The zero-order chi connectivity index (χ0) is 9.26. The first kappa shape index (κ1) is 8.38. The topological polar surface area (TPSA) is 27.3 Å². The van der Waals surface area contributed by atoms with Crippen LogP contribution in [0.2, 0.25) is 0 Å². The van der Waals surface area contributed by atoms with E-state index in [4.69, 9.17) is 0 Å². The van der Waals surface area contributed by atoms with E-state index < -0.39 is 0 Å². The van der Waals surface area contributed by atoms with Gasteiger partial charge in [-0.3, -0.25) is 5.01 Å². The molecule has 13 heavy (non-hydrogen) atoms. The van der Waals surface area contributed by atoms with Crippen LogP contribution in [-0.4, -0.2) is 6.54 Å². The SMILES string of the molecule is CCCN1NNc2ccc(C)cc21. The van der Waals surface area contributed by atoms with Crippen molar-refractivity contribution in [2.75, 3.05) is 17.0 Å². The predicted molar refractivity (Wildman–Crippen MR) is 55.6 cm³/mol. The molecule has 70 valence electrons. The fraction of sp³-hybridized carbons (Fsp3) is 0.400. The van der Waals surface area contributed by atoms with Crippen molar-refractivity contribution in [2.45, 2.75) is 20.3 Å². The third-order valence-electron chi connectivity index (χ3n) is 2.22. The number of benzene rings is 1. The minimum Gasteiger partial charge on any atom is -0.302 e. The normalized spacial score (nSPS) is 14.2.